The molecule has 2 aliphatic heterocycles. The molecule has 1 saturated heterocycles. The van der Waals surface area contributed by atoms with Crippen LogP contribution in [-0.2, 0) is 38.7 Å². The van der Waals surface area contributed by atoms with Crippen LogP contribution in [0.15, 0.2) is 16.9 Å². The van der Waals surface area contributed by atoms with Gasteiger partial charge in [0.25, 0.3) is 5.91 Å². The molecule has 1 saturated carbocycles. The lowest BCUT2D eigenvalue weighted by Gasteiger charge is -2.46. The number of rotatable bonds is 3. The zero-order chi connectivity index (χ0) is 28.0. The number of carbonyl (C=O) groups is 4. The van der Waals surface area contributed by atoms with Crippen LogP contribution in [-0.4, -0.2) is 78.8 Å². The van der Waals surface area contributed by atoms with Crippen molar-refractivity contribution in [2.75, 3.05) is 19.6 Å². The molecule has 6 rings (SSSR count). The number of Topliss-reactive ketones (excluding diaryl/α,β-unsaturated/α-hetero) is 2. The first-order valence-electron chi connectivity index (χ1n) is 13.0. The van der Waals surface area contributed by atoms with Crippen LogP contribution < -0.4 is 5.73 Å². The molecule has 3 atom stereocenters. The van der Waals surface area contributed by atoms with Crippen molar-refractivity contribution >= 4 is 29.1 Å². The summed E-state index contributed by atoms with van der Waals surface area (Å²) in [5, 5.41) is 44.3. The maximum Gasteiger partial charge on any atom is 0.255 e. The van der Waals surface area contributed by atoms with Crippen LogP contribution >= 0.6 is 0 Å². The fraction of sp³-hybridized carbons (Fsp3) is 0.481. The lowest BCUT2D eigenvalue weighted by Crippen LogP contribution is -2.58. The van der Waals surface area contributed by atoms with Crippen LogP contribution in [0.1, 0.15) is 47.9 Å². The molecular formula is C27H28FN3O8. The number of hydrogen-bond acceptors (Lipinski definition) is 9. The van der Waals surface area contributed by atoms with E-state index < -0.39 is 70.0 Å². The van der Waals surface area contributed by atoms with Crippen molar-refractivity contribution in [3.8, 4) is 5.75 Å². The van der Waals surface area contributed by atoms with Gasteiger partial charge in [-0.15, -0.1) is 0 Å². The number of benzene rings is 1. The molecule has 0 bridgehead atoms. The van der Waals surface area contributed by atoms with Gasteiger partial charge in [-0.1, -0.05) is 0 Å². The number of aliphatic hydroxyl groups excluding tert-OH is 2. The number of amides is 2. The number of hydrogen-bond donors (Lipinski definition) is 5. The first kappa shape index (κ1) is 25.5. The third kappa shape index (κ3) is 3.47. The number of carbonyl (C=O) groups excluding carboxylic acids is 4. The highest BCUT2D eigenvalue weighted by Crippen LogP contribution is 2.53. The van der Waals surface area contributed by atoms with E-state index in [2.05, 4.69) is 0 Å². The largest absolute Gasteiger partial charge is 0.508 e. The number of fused-ring (bicyclic) bond motifs is 4. The standard InChI is InChI=1S/C27H28FN3O8/c28-21-13-6-11-5-12-7-16(32)20(26(29)38)25(37)27(12,39)24(36)18(11)23(35)19(13)22(34)15-9-31(8-14(15)21)17(33)10-30-3-1-2-4-30/h11-12,34-35,37,39H,1-10H2,(H2,29,38)/t11?,12-,27-/m0/s1. The fourth-order valence-electron chi connectivity index (χ4n) is 7.00. The van der Waals surface area contributed by atoms with E-state index in [4.69, 9.17) is 5.73 Å². The van der Waals surface area contributed by atoms with Crippen molar-refractivity contribution in [1.29, 1.82) is 0 Å². The summed E-state index contributed by atoms with van der Waals surface area (Å²) in [4.78, 5) is 54.2. The minimum Gasteiger partial charge on any atom is -0.508 e. The molecule has 2 fully saturated rings. The molecule has 39 heavy (non-hydrogen) atoms. The Kier molecular flexibility index (Phi) is 5.64. The van der Waals surface area contributed by atoms with Gasteiger partial charge in [0.05, 0.1) is 18.7 Å². The summed E-state index contributed by atoms with van der Waals surface area (Å²) in [5.74, 6) is -8.49. The minimum absolute atomic E-state index is 0.0238. The van der Waals surface area contributed by atoms with Gasteiger partial charge in [-0.2, -0.15) is 0 Å². The molecule has 2 amide bonds. The van der Waals surface area contributed by atoms with Crippen LogP contribution in [0.3, 0.4) is 0 Å². The molecule has 1 aromatic carbocycles. The second-order valence-electron chi connectivity index (χ2n) is 11.1. The van der Waals surface area contributed by atoms with Crippen LogP contribution in [0.2, 0.25) is 0 Å². The Hall–Kier alpha value is -3.77. The Bertz CT molecular complexity index is 1440. The fourth-order valence-corrected chi connectivity index (χ4v) is 7.00. The number of nitrogens with two attached hydrogens (primary N) is 1. The molecule has 0 spiro atoms. The molecule has 1 unspecified atom stereocenters. The van der Waals surface area contributed by atoms with Crippen LogP contribution in [0.25, 0.3) is 5.76 Å². The zero-order valence-corrected chi connectivity index (χ0v) is 21.0. The van der Waals surface area contributed by atoms with Gasteiger partial charge in [0.1, 0.15) is 28.7 Å². The number of aromatic hydroxyl groups is 1. The van der Waals surface area contributed by atoms with Gasteiger partial charge in [-0.3, -0.25) is 24.1 Å². The van der Waals surface area contributed by atoms with E-state index in [0.717, 1.165) is 25.9 Å². The monoisotopic (exact) mass is 541 g/mol. The predicted molar refractivity (Wildman–Crippen MR) is 131 cm³/mol. The quantitative estimate of drug-likeness (QED) is 0.340. The summed E-state index contributed by atoms with van der Waals surface area (Å²) in [6, 6.07) is 0. The Morgan fingerprint density at radius 1 is 1.03 bits per heavy atom. The van der Waals surface area contributed by atoms with Gasteiger partial charge in [0.2, 0.25) is 11.7 Å². The summed E-state index contributed by atoms with van der Waals surface area (Å²) in [7, 11) is 0. The average Bonchev–Trinajstić information content (AvgIpc) is 3.55. The average molecular weight is 542 g/mol. The summed E-state index contributed by atoms with van der Waals surface area (Å²) in [6.45, 7) is 1.69. The van der Waals surface area contributed by atoms with E-state index in [9.17, 15) is 39.6 Å². The zero-order valence-electron chi connectivity index (χ0n) is 21.0. The van der Waals surface area contributed by atoms with E-state index in [-0.39, 0.29) is 66.2 Å². The Balaban J connectivity index is 1.40. The molecule has 2 heterocycles. The summed E-state index contributed by atoms with van der Waals surface area (Å²) >= 11 is 0. The van der Waals surface area contributed by atoms with Gasteiger partial charge < -0.3 is 31.1 Å². The van der Waals surface area contributed by atoms with Crippen molar-refractivity contribution in [2.45, 2.75) is 50.8 Å². The van der Waals surface area contributed by atoms with Crippen molar-refractivity contribution < 1.29 is 44.0 Å². The number of primary amides is 1. The molecule has 11 nitrogen and oxygen atoms in total. The van der Waals surface area contributed by atoms with Gasteiger partial charge in [-0.25, -0.2) is 4.39 Å². The first-order chi connectivity index (χ1) is 18.4. The van der Waals surface area contributed by atoms with Crippen molar-refractivity contribution in [3.05, 3.63) is 45.0 Å². The van der Waals surface area contributed by atoms with Crippen molar-refractivity contribution in [2.24, 2.45) is 17.6 Å². The van der Waals surface area contributed by atoms with Crippen molar-refractivity contribution in [3.63, 3.8) is 0 Å². The minimum atomic E-state index is -2.68. The summed E-state index contributed by atoms with van der Waals surface area (Å²) in [6.07, 6.45) is 1.35. The van der Waals surface area contributed by atoms with Gasteiger partial charge >= 0.3 is 0 Å². The number of phenols is 1. The van der Waals surface area contributed by atoms with Crippen molar-refractivity contribution in [1.82, 2.24) is 9.80 Å². The smallest absolute Gasteiger partial charge is 0.255 e. The molecule has 0 radical (unpaired) electrons. The number of aliphatic hydroxyl groups is 3. The predicted octanol–water partition coefficient (Wildman–Crippen LogP) is 0.501. The molecular weight excluding hydrogens is 513 g/mol. The Labute approximate surface area is 222 Å². The lowest BCUT2D eigenvalue weighted by molar-refractivity contribution is -0.147. The van der Waals surface area contributed by atoms with E-state index in [1.807, 2.05) is 4.90 Å². The normalized spacial score (nSPS) is 28.4. The highest BCUT2D eigenvalue weighted by Gasteiger charge is 2.60. The number of ketones is 2. The molecule has 6 N–H and O–H groups in total. The van der Waals surface area contributed by atoms with Crippen LogP contribution in [0.5, 0.6) is 5.75 Å². The third-order valence-electron chi connectivity index (χ3n) is 8.98. The molecule has 12 heteroatoms. The van der Waals surface area contributed by atoms with Crippen LogP contribution in [0, 0.1) is 17.7 Å². The Morgan fingerprint density at radius 3 is 2.36 bits per heavy atom. The van der Waals surface area contributed by atoms with Gasteiger partial charge in [0.15, 0.2) is 11.4 Å². The second-order valence-corrected chi connectivity index (χ2v) is 11.1. The molecule has 1 aromatic rings. The number of likely N-dealkylation sites (tertiary alicyclic amines) is 1. The van der Waals surface area contributed by atoms with E-state index in [1.165, 1.54) is 4.90 Å². The lowest BCUT2D eigenvalue weighted by atomic mass is 9.59. The number of nitrogens with zero attached hydrogens (tertiary/aromatic N) is 2. The highest BCUT2D eigenvalue weighted by atomic mass is 19.1. The van der Waals surface area contributed by atoms with E-state index >= 15 is 4.39 Å². The Morgan fingerprint density at radius 2 is 1.69 bits per heavy atom. The molecule has 5 aliphatic rings. The highest BCUT2D eigenvalue weighted by molar-refractivity contribution is 6.22. The number of halogens is 1. The van der Waals surface area contributed by atoms with Gasteiger partial charge in [0, 0.05) is 41.1 Å². The third-order valence-corrected chi connectivity index (χ3v) is 8.98. The maximum atomic E-state index is 15.9. The van der Waals surface area contributed by atoms with Crippen LogP contribution in [0.4, 0.5) is 4.39 Å². The SMILES string of the molecule is NC(=O)C1=C(O)[C@@]2(O)C(=O)C3=C(O)c4c(O)c5c(c(F)c4CC3C[C@H]2CC1=O)CN(C(=O)CN1CCCC1)C5. The first-order valence-corrected chi connectivity index (χ1v) is 13.0. The van der Waals surface area contributed by atoms with E-state index in [1.54, 1.807) is 0 Å². The summed E-state index contributed by atoms with van der Waals surface area (Å²) in [5.41, 5.74) is 1.27. The molecule has 0 aromatic heterocycles. The number of phenolic OH excluding ortho intramolecular Hbond substituents is 1. The maximum absolute atomic E-state index is 15.9. The van der Waals surface area contributed by atoms with Gasteiger partial charge in [-0.05, 0) is 44.7 Å². The molecule has 206 valence electrons. The molecule has 3 aliphatic carbocycles. The van der Waals surface area contributed by atoms with E-state index in [0.29, 0.717) is 0 Å². The summed E-state index contributed by atoms with van der Waals surface area (Å²) < 4.78 is 15.9. The topological polar surface area (TPSA) is 182 Å². The second kappa shape index (κ2) is 8.62.